The second-order valence-corrected chi connectivity index (χ2v) is 14.2. The van der Waals surface area contributed by atoms with Crippen molar-refractivity contribution in [3.8, 4) is 0 Å². The van der Waals surface area contributed by atoms with Gasteiger partial charge in [0.15, 0.2) is 0 Å². The molecule has 0 amide bonds. The molecule has 1 nitrogen and oxygen atoms in total. The van der Waals surface area contributed by atoms with Crippen LogP contribution >= 0.6 is 0 Å². The first-order chi connectivity index (χ1) is 19.8. The molecule has 0 aromatic heterocycles. The highest BCUT2D eigenvalue weighted by atomic mass is 15.4. The molecule has 0 atom stereocenters. The molecule has 0 radical (unpaired) electrons. The molecule has 0 aliphatic carbocycles. The smallest absolute Gasteiger partial charge is 0.0788 e. The van der Waals surface area contributed by atoms with Crippen LogP contribution in [0.3, 0.4) is 0 Å². The standard InChI is InChI=1S/C39H80N/c1-3-5-7-9-11-13-15-17-19-21-23-25-27-29-31-33-37-40(38-34-35-39-40)36-32-30-28-26-24-22-20-18-16-14-12-10-8-6-4-2/h3-39H2,1-2H3/q+1. The molecule has 240 valence electrons. The Morgan fingerprint density at radius 3 is 0.700 bits per heavy atom. The first-order valence-corrected chi connectivity index (χ1v) is 19.7. The highest BCUT2D eigenvalue weighted by Crippen LogP contribution is 2.23. The van der Waals surface area contributed by atoms with Crippen molar-refractivity contribution in [1.29, 1.82) is 0 Å². The molecular formula is C39H80N+. The summed E-state index contributed by atoms with van der Waals surface area (Å²) in [5.74, 6) is 0. The van der Waals surface area contributed by atoms with Crippen LogP contribution in [-0.4, -0.2) is 30.7 Å². The Balaban J connectivity index is 1.85. The molecule has 1 heteroatoms. The van der Waals surface area contributed by atoms with Crippen molar-refractivity contribution in [1.82, 2.24) is 0 Å². The summed E-state index contributed by atoms with van der Waals surface area (Å²) in [6.45, 7) is 10.6. The Morgan fingerprint density at radius 1 is 0.275 bits per heavy atom. The molecule has 1 saturated heterocycles. The minimum Gasteiger partial charge on any atom is -0.324 e. The van der Waals surface area contributed by atoms with Gasteiger partial charge >= 0.3 is 0 Å². The average Bonchev–Trinajstić information content (AvgIpc) is 3.43. The van der Waals surface area contributed by atoms with Gasteiger partial charge in [0.2, 0.25) is 0 Å². The summed E-state index contributed by atoms with van der Waals surface area (Å²) in [5.41, 5.74) is 0. The van der Waals surface area contributed by atoms with Gasteiger partial charge in [0.1, 0.15) is 0 Å². The van der Waals surface area contributed by atoms with Crippen LogP contribution in [0.25, 0.3) is 0 Å². The van der Waals surface area contributed by atoms with Crippen molar-refractivity contribution < 1.29 is 4.48 Å². The number of unbranched alkanes of at least 4 members (excludes halogenated alkanes) is 29. The number of likely N-dealkylation sites (tertiary alicyclic amines) is 1. The summed E-state index contributed by atoms with van der Waals surface area (Å²) < 4.78 is 1.50. The van der Waals surface area contributed by atoms with E-state index < -0.39 is 0 Å². The molecule has 0 aromatic rings. The van der Waals surface area contributed by atoms with Gasteiger partial charge in [-0.2, -0.15) is 0 Å². The molecule has 0 unspecified atom stereocenters. The third-order valence-corrected chi connectivity index (χ3v) is 10.2. The fourth-order valence-electron chi connectivity index (χ4n) is 7.38. The van der Waals surface area contributed by atoms with Gasteiger partial charge in [-0.3, -0.25) is 0 Å². The first kappa shape index (κ1) is 38.0. The normalized spacial score (nSPS) is 14.8. The van der Waals surface area contributed by atoms with E-state index in [0.29, 0.717) is 0 Å². The average molecular weight is 563 g/mol. The van der Waals surface area contributed by atoms with E-state index in [1.807, 2.05) is 0 Å². The third-order valence-electron chi connectivity index (χ3n) is 10.2. The summed E-state index contributed by atoms with van der Waals surface area (Å²) in [6.07, 6.45) is 48.9. The van der Waals surface area contributed by atoms with Gasteiger partial charge in [-0.1, -0.05) is 187 Å². The molecule has 0 N–H and O–H groups in total. The summed E-state index contributed by atoms with van der Waals surface area (Å²) in [6, 6.07) is 0. The van der Waals surface area contributed by atoms with Crippen LogP contribution in [0.2, 0.25) is 0 Å². The van der Waals surface area contributed by atoms with E-state index in [1.54, 1.807) is 0 Å². The highest BCUT2D eigenvalue weighted by Gasteiger charge is 2.30. The largest absolute Gasteiger partial charge is 0.324 e. The zero-order chi connectivity index (χ0) is 28.7. The second kappa shape index (κ2) is 30.4. The fourth-order valence-corrected chi connectivity index (χ4v) is 7.38. The van der Waals surface area contributed by atoms with Gasteiger partial charge in [-0.25, -0.2) is 0 Å². The minimum atomic E-state index is 1.37. The maximum absolute atomic E-state index is 2.31. The van der Waals surface area contributed by atoms with E-state index in [9.17, 15) is 0 Å². The number of nitrogens with zero attached hydrogens (tertiary/aromatic N) is 1. The van der Waals surface area contributed by atoms with Crippen LogP contribution in [0.1, 0.15) is 226 Å². The van der Waals surface area contributed by atoms with E-state index in [-0.39, 0.29) is 0 Å². The van der Waals surface area contributed by atoms with Gasteiger partial charge in [0.25, 0.3) is 0 Å². The van der Waals surface area contributed by atoms with Gasteiger partial charge in [0.05, 0.1) is 26.2 Å². The lowest BCUT2D eigenvalue weighted by atomic mass is 10.0. The SMILES string of the molecule is CCCCCCCCCCCCCCCCCC[N+]1(CCCCCCCCCCCCCCCCC)CCCC1. The molecule has 1 aliphatic heterocycles. The van der Waals surface area contributed by atoms with E-state index in [0.717, 1.165) is 0 Å². The van der Waals surface area contributed by atoms with Crippen LogP contribution in [0.15, 0.2) is 0 Å². The van der Waals surface area contributed by atoms with Crippen molar-refractivity contribution >= 4 is 0 Å². The van der Waals surface area contributed by atoms with E-state index in [2.05, 4.69) is 13.8 Å². The van der Waals surface area contributed by atoms with Crippen LogP contribution in [0, 0.1) is 0 Å². The van der Waals surface area contributed by atoms with Gasteiger partial charge in [-0.15, -0.1) is 0 Å². The van der Waals surface area contributed by atoms with Crippen molar-refractivity contribution in [2.45, 2.75) is 226 Å². The number of hydrogen-bond donors (Lipinski definition) is 0. The van der Waals surface area contributed by atoms with E-state index in [4.69, 9.17) is 0 Å². The maximum Gasteiger partial charge on any atom is 0.0788 e. The molecule has 0 aromatic carbocycles. The van der Waals surface area contributed by atoms with Gasteiger partial charge in [0, 0.05) is 12.8 Å². The lowest BCUT2D eigenvalue weighted by molar-refractivity contribution is -0.917. The summed E-state index contributed by atoms with van der Waals surface area (Å²) >= 11 is 0. The predicted octanol–water partition coefficient (Wildman–Crippen LogP) is 13.7. The Kier molecular flexibility index (Phi) is 28.9. The monoisotopic (exact) mass is 563 g/mol. The van der Waals surface area contributed by atoms with Crippen LogP contribution in [0.5, 0.6) is 0 Å². The van der Waals surface area contributed by atoms with Crippen molar-refractivity contribution in [2.24, 2.45) is 0 Å². The van der Waals surface area contributed by atoms with Gasteiger partial charge < -0.3 is 4.48 Å². The third kappa shape index (κ3) is 24.5. The van der Waals surface area contributed by atoms with Crippen LogP contribution < -0.4 is 0 Å². The molecule has 1 aliphatic rings. The molecule has 40 heavy (non-hydrogen) atoms. The zero-order valence-corrected chi connectivity index (χ0v) is 28.6. The quantitative estimate of drug-likeness (QED) is 0.0551. The van der Waals surface area contributed by atoms with Crippen molar-refractivity contribution in [3.05, 3.63) is 0 Å². The number of hydrogen-bond acceptors (Lipinski definition) is 0. The highest BCUT2D eigenvalue weighted by molar-refractivity contribution is 4.58. The molecular weight excluding hydrogens is 482 g/mol. The lowest BCUT2D eigenvalue weighted by Crippen LogP contribution is -2.46. The molecule has 0 bridgehead atoms. The minimum absolute atomic E-state index is 1.37. The molecule has 1 rings (SSSR count). The van der Waals surface area contributed by atoms with Crippen molar-refractivity contribution in [3.63, 3.8) is 0 Å². The fraction of sp³-hybridized carbons (Fsp3) is 1.00. The van der Waals surface area contributed by atoms with Crippen molar-refractivity contribution in [2.75, 3.05) is 26.2 Å². The van der Waals surface area contributed by atoms with E-state index in [1.165, 1.54) is 243 Å². The Bertz CT molecular complexity index is 465. The van der Waals surface area contributed by atoms with Gasteiger partial charge in [-0.05, 0) is 25.7 Å². The van der Waals surface area contributed by atoms with E-state index >= 15 is 0 Å². The number of quaternary nitrogens is 1. The molecule has 1 fully saturated rings. The summed E-state index contributed by atoms with van der Waals surface area (Å²) in [7, 11) is 0. The lowest BCUT2D eigenvalue weighted by Gasteiger charge is -2.34. The zero-order valence-electron chi connectivity index (χ0n) is 28.6. The Morgan fingerprint density at radius 2 is 0.475 bits per heavy atom. The first-order valence-electron chi connectivity index (χ1n) is 19.7. The second-order valence-electron chi connectivity index (χ2n) is 14.2. The Labute approximate surface area is 256 Å². The maximum atomic E-state index is 2.31. The topological polar surface area (TPSA) is 0 Å². The predicted molar refractivity (Wildman–Crippen MR) is 183 cm³/mol. The number of rotatable bonds is 33. The molecule has 0 saturated carbocycles. The van der Waals surface area contributed by atoms with Crippen LogP contribution in [-0.2, 0) is 0 Å². The summed E-state index contributed by atoms with van der Waals surface area (Å²) in [4.78, 5) is 0. The summed E-state index contributed by atoms with van der Waals surface area (Å²) in [5, 5.41) is 0. The Hall–Kier alpha value is -0.0400. The molecule has 1 heterocycles. The van der Waals surface area contributed by atoms with Crippen LogP contribution in [0.4, 0.5) is 0 Å². The molecule has 0 spiro atoms.